The SMILES string of the molecule is CC1(C)O[C@H](c2ccccc2N)[C@@H](COS(=[NH2+])(=O)[O-])O1.[Na+]. The fourth-order valence-corrected chi connectivity index (χ4v) is 2.48. The van der Waals surface area contributed by atoms with Crippen LogP contribution in [-0.2, 0) is 23.9 Å². The first-order valence-electron chi connectivity index (χ1n) is 6.05. The van der Waals surface area contributed by atoms with Crippen molar-refractivity contribution in [3.63, 3.8) is 0 Å². The molecule has 0 radical (unpaired) electrons. The summed E-state index contributed by atoms with van der Waals surface area (Å²) in [5.74, 6) is -0.862. The van der Waals surface area contributed by atoms with Gasteiger partial charge in [0, 0.05) is 11.3 Å². The molecule has 1 aromatic rings. The number of benzene rings is 1. The van der Waals surface area contributed by atoms with Crippen LogP contribution in [0, 0.1) is 0 Å². The number of nitrogen functional groups attached to an aromatic ring is 1. The molecule has 0 spiro atoms. The molecule has 1 fully saturated rings. The number of hydrogen-bond acceptors (Lipinski definition) is 6. The van der Waals surface area contributed by atoms with E-state index >= 15 is 0 Å². The second-order valence-corrected chi connectivity index (χ2v) is 6.22. The summed E-state index contributed by atoms with van der Waals surface area (Å²) in [6, 6.07) is 7.16. The van der Waals surface area contributed by atoms with Gasteiger partial charge in [-0.05, 0) is 19.9 Å². The minimum absolute atomic E-state index is 0. The van der Waals surface area contributed by atoms with Gasteiger partial charge in [-0.2, -0.15) is 4.21 Å². The first kappa shape index (κ1) is 18.9. The van der Waals surface area contributed by atoms with E-state index in [0.717, 1.165) is 5.56 Å². The van der Waals surface area contributed by atoms with Gasteiger partial charge in [0.2, 0.25) is 10.3 Å². The number of para-hydroxylation sites is 1. The Kier molecular flexibility index (Phi) is 6.22. The van der Waals surface area contributed by atoms with E-state index in [0.29, 0.717) is 5.69 Å². The molecule has 1 heterocycles. The van der Waals surface area contributed by atoms with Crippen molar-refractivity contribution in [2.24, 2.45) is 0 Å². The Balaban J connectivity index is 0.00000220. The van der Waals surface area contributed by atoms with E-state index in [2.05, 4.69) is 4.18 Å². The molecular weight excluding hydrogens is 307 g/mol. The summed E-state index contributed by atoms with van der Waals surface area (Å²) in [7, 11) is -4.03. The van der Waals surface area contributed by atoms with Gasteiger partial charge in [0.25, 0.3) is 0 Å². The first-order valence-corrected chi connectivity index (χ1v) is 7.52. The van der Waals surface area contributed by atoms with Crippen molar-refractivity contribution in [2.45, 2.75) is 31.8 Å². The molecule has 0 bridgehead atoms. The number of hydrogen-bond donors (Lipinski definition) is 2. The largest absolute Gasteiger partial charge is 1.00 e. The fourth-order valence-electron chi connectivity index (χ4n) is 2.15. The maximum Gasteiger partial charge on any atom is 1.00 e. The zero-order valence-corrected chi connectivity index (χ0v) is 15.1. The van der Waals surface area contributed by atoms with Crippen LogP contribution in [0.15, 0.2) is 24.3 Å². The van der Waals surface area contributed by atoms with E-state index in [9.17, 15) is 8.76 Å². The summed E-state index contributed by atoms with van der Waals surface area (Å²) in [4.78, 5) is 0. The number of nitrogens with two attached hydrogens (primary N) is 2. The molecule has 1 aromatic carbocycles. The van der Waals surface area contributed by atoms with Crippen LogP contribution in [0.25, 0.3) is 0 Å². The van der Waals surface area contributed by atoms with Crippen LogP contribution in [0.5, 0.6) is 0 Å². The summed E-state index contributed by atoms with van der Waals surface area (Å²) < 4.78 is 42.6. The maximum atomic E-state index is 10.9. The van der Waals surface area contributed by atoms with Crippen LogP contribution in [0.2, 0.25) is 0 Å². The van der Waals surface area contributed by atoms with Gasteiger partial charge in [-0.1, -0.05) is 18.2 Å². The van der Waals surface area contributed by atoms with E-state index in [-0.39, 0.29) is 36.2 Å². The van der Waals surface area contributed by atoms with Crippen LogP contribution in [0.3, 0.4) is 0 Å². The monoisotopic (exact) mass is 325 g/mol. The van der Waals surface area contributed by atoms with Gasteiger partial charge >= 0.3 is 29.6 Å². The summed E-state index contributed by atoms with van der Waals surface area (Å²) >= 11 is 0. The van der Waals surface area contributed by atoms with Gasteiger partial charge in [-0.15, -0.1) is 0 Å². The average molecular weight is 325 g/mol. The molecule has 7 nitrogen and oxygen atoms in total. The molecule has 0 aliphatic carbocycles. The number of ether oxygens (including phenoxy) is 2. The molecule has 1 unspecified atom stereocenters. The van der Waals surface area contributed by atoms with E-state index in [1.807, 2.05) is 6.07 Å². The van der Waals surface area contributed by atoms with Crippen molar-refractivity contribution in [1.82, 2.24) is 0 Å². The third-order valence-corrected chi connectivity index (χ3v) is 3.35. The summed E-state index contributed by atoms with van der Waals surface area (Å²) in [5, 5.41) is 0. The van der Waals surface area contributed by atoms with E-state index in [1.54, 1.807) is 32.0 Å². The van der Waals surface area contributed by atoms with Crippen molar-refractivity contribution >= 4 is 16.0 Å². The average Bonchev–Trinajstić information content (AvgIpc) is 2.62. The minimum atomic E-state index is -4.03. The molecule has 21 heavy (non-hydrogen) atoms. The molecule has 1 aliphatic heterocycles. The van der Waals surface area contributed by atoms with Crippen LogP contribution in [0.4, 0.5) is 5.69 Å². The zero-order valence-electron chi connectivity index (χ0n) is 12.3. The van der Waals surface area contributed by atoms with Crippen molar-refractivity contribution in [1.29, 1.82) is 0 Å². The Labute approximate surface area is 146 Å². The molecule has 9 heteroatoms. The second kappa shape index (κ2) is 6.93. The van der Waals surface area contributed by atoms with E-state index < -0.39 is 28.3 Å². The Morgan fingerprint density at radius 3 is 2.62 bits per heavy atom. The summed E-state index contributed by atoms with van der Waals surface area (Å²) in [5.41, 5.74) is 7.18. The quantitative estimate of drug-likeness (QED) is 0.443. The van der Waals surface area contributed by atoms with Crippen molar-refractivity contribution in [2.75, 3.05) is 12.3 Å². The molecule has 0 amide bonds. The molecule has 1 aliphatic rings. The molecular formula is C12H18N2NaO5S+. The third-order valence-electron chi connectivity index (χ3n) is 2.88. The number of anilines is 1. The van der Waals surface area contributed by atoms with Gasteiger partial charge < -0.3 is 19.8 Å². The molecule has 4 N–H and O–H groups in total. The molecule has 0 aromatic heterocycles. The second-order valence-electron chi connectivity index (χ2n) is 5.00. The summed E-state index contributed by atoms with van der Waals surface area (Å²) in [6.07, 6.45) is -1.14. The Morgan fingerprint density at radius 2 is 2.05 bits per heavy atom. The number of rotatable bonds is 4. The Morgan fingerprint density at radius 1 is 1.43 bits per heavy atom. The van der Waals surface area contributed by atoms with Crippen molar-refractivity contribution in [3.05, 3.63) is 29.8 Å². The molecule has 1 saturated heterocycles. The van der Waals surface area contributed by atoms with E-state index in [4.69, 9.17) is 20.0 Å². The van der Waals surface area contributed by atoms with Crippen LogP contribution >= 0.6 is 0 Å². The van der Waals surface area contributed by atoms with Gasteiger partial charge in [0.1, 0.15) is 12.2 Å². The van der Waals surface area contributed by atoms with Gasteiger partial charge in [-0.3, -0.25) is 4.18 Å². The minimum Gasteiger partial charge on any atom is -0.706 e. The normalized spacial score (nSPS) is 26.8. The predicted molar refractivity (Wildman–Crippen MR) is 70.4 cm³/mol. The van der Waals surface area contributed by atoms with Crippen molar-refractivity contribution < 1.29 is 56.8 Å². The van der Waals surface area contributed by atoms with Gasteiger partial charge in [0.15, 0.2) is 5.79 Å². The Hall–Kier alpha value is -0.190. The molecule has 3 atom stereocenters. The summed E-state index contributed by atoms with van der Waals surface area (Å²) in [6.45, 7) is 3.23. The first-order chi connectivity index (χ1) is 9.18. The topological polar surface area (TPSA) is 119 Å². The molecule has 112 valence electrons. The smallest absolute Gasteiger partial charge is 0.706 e. The fraction of sp³-hybridized carbons (Fsp3) is 0.500. The van der Waals surface area contributed by atoms with Crippen LogP contribution in [0.1, 0.15) is 25.5 Å². The third kappa shape index (κ3) is 5.19. The molecule has 2 rings (SSSR count). The predicted octanol–water partition coefficient (Wildman–Crippen LogP) is -3.25. The maximum absolute atomic E-state index is 10.9. The van der Waals surface area contributed by atoms with Gasteiger partial charge in [0.05, 0.1) is 6.61 Å². The van der Waals surface area contributed by atoms with Gasteiger partial charge in [-0.25, -0.2) is 4.78 Å². The van der Waals surface area contributed by atoms with Crippen LogP contribution < -0.4 is 40.1 Å². The Bertz CT molecular complexity index is 593. The van der Waals surface area contributed by atoms with Crippen molar-refractivity contribution in [3.8, 4) is 0 Å². The standard InChI is InChI=1S/C12H18N2O5S.Na/c1-12(2)18-10(7-17-20(14,15)16)11(19-12)8-5-3-4-6-9(8)13;/h3-6,10-11H,7,13H2,1-2H3,(H2,14,15,16);/q;+1/t10-,11-;/m1./s1. The van der Waals surface area contributed by atoms with Crippen LogP contribution in [-0.4, -0.2) is 27.3 Å². The van der Waals surface area contributed by atoms with E-state index in [1.165, 1.54) is 0 Å². The zero-order chi connectivity index (χ0) is 15.0. The molecule has 0 saturated carbocycles.